The molecular weight excluding hydrogens is 309 g/mol. The summed E-state index contributed by atoms with van der Waals surface area (Å²) in [4.78, 5) is 1.20. The summed E-state index contributed by atoms with van der Waals surface area (Å²) in [6.07, 6.45) is -3.17. The number of ether oxygens (including phenoxy) is 1. The van der Waals surface area contributed by atoms with Crippen molar-refractivity contribution in [3.8, 4) is 0 Å². The van der Waals surface area contributed by atoms with Crippen LogP contribution in [0.25, 0.3) is 0 Å². The van der Waals surface area contributed by atoms with Crippen LogP contribution >= 0.6 is 0 Å². The van der Waals surface area contributed by atoms with Crippen LogP contribution in [0.1, 0.15) is 26.7 Å². The highest BCUT2D eigenvalue weighted by molar-refractivity contribution is 5.09. The van der Waals surface area contributed by atoms with Gasteiger partial charge in [-0.1, -0.05) is 13.3 Å². The highest BCUT2D eigenvalue weighted by Crippen LogP contribution is 2.32. The summed E-state index contributed by atoms with van der Waals surface area (Å²) in [5, 5.41) is 42.4. The Kier molecular flexibility index (Phi) is 6.32. The van der Waals surface area contributed by atoms with Gasteiger partial charge in [-0.15, -0.1) is 0 Å². The second kappa shape index (κ2) is 7.84. The predicted octanol–water partition coefficient (Wildman–Crippen LogP) is -0.695. The summed E-state index contributed by atoms with van der Waals surface area (Å²) in [7, 11) is 0. The molecule has 2 aliphatic heterocycles. The molecule has 0 radical (unpaired) electrons. The maximum absolute atomic E-state index is 14.8. The molecule has 0 spiro atoms. The SMILES string of the molecule is CCCCN(O)C1C(F)C(N2C=C(C)C(O)NC2O)O[C@@H]1CO. The highest BCUT2D eigenvalue weighted by Gasteiger charge is 2.51. The lowest BCUT2D eigenvalue weighted by atomic mass is 10.1. The number of nitrogens with zero attached hydrogens (tertiary/aromatic N) is 2. The average Bonchev–Trinajstić information content (AvgIpc) is 2.85. The van der Waals surface area contributed by atoms with Gasteiger partial charge in [0.15, 0.2) is 18.8 Å². The van der Waals surface area contributed by atoms with Crippen molar-refractivity contribution in [2.45, 2.75) is 63.8 Å². The van der Waals surface area contributed by atoms with E-state index in [0.717, 1.165) is 11.5 Å². The van der Waals surface area contributed by atoms with Crippen LogP contribution in [0, 0.1) is 0 Å². The number of rotatable bonds is 6. The Morgan fingerprint density at radius 2 is 2.13 bits per heavy atom. The van der Waals surface area contributed by atoms with Gasteiger partial charge in [0.05, 0.1) is 12.6 Å². The highest BCUT2D eigenvalue weighted by atomic mass is 19.1. The molecule has 2 aliphatic rings. The number of nitrogens with one attached hydrogen (secondary N) is 1. The molecule has 1 saturated heterocycles. The molecule has 0 aromatic heterocycles. The second-order valence-corrected chi connectivity index (χ2v) is 5.96. The van der Waals surface area contributed by atoms with Crippen molar-refractivity contribution in [3.63, 3.8) is 0 Å². The molecule has 6 atom stereocenters. The van der Waals surface area contributed by atoms with Crippen molar-refractivity contribution in [1.82, 2.24) is 15.3 Å². The summed E-state index contributed by atoms with van der Waals surface area (Å²) < 4.78 is 20.3. The molecule has 0 aromatic carbocycles. The fraction of sp³-hybridized carbons (Fsp3) is 0.857. The predicted molar refractivity (Wildman–Crippen MR) is 78.6 cm³/mol. The van der Waals surface area contributed by atoms with Crippen molar-refractivity contribution in [3.05, 3.63) is 11.8 Å². The second-order valence-electron chi connectivity index (χ2n) is 5.96. The standard InChI is InChI=1S/C14H26FN3O5/c1-3-4-5-18(22)11-9(7-19)23-13(10(11)15)17-6-8(2)12(20)16-14(17)21/h6,9-14,16,19-22H,3-5,7H2,1-2H3/t9-,10?,11?,12?,13?,14?/m1/s1. The Morgan fingerprint density at radius 1 is 1.43 bits per heavy atom. The van der Waals surface area contributed by atoms with Gasteiger partial charge in [-0.2, -0.15) is 5.06 Å². The van der Waals surface area contributed by atoms with Gasteiger partial charge in [-0.05, 0) is 18.9 Å². The lowest BCUT2D eigenvalue weighted by Crippen LogP contribution is -2.57. The number of halogens is 1. The van der Waals surface area contributed by atoms with E-state index in [2.05, 4.69) is 5.32 Å². The van der Waals surface area contributed by atoms with Crippen molar-refractivity contribution in [1.29, 1.82) is 0 Å². The molecule has 0 aromatic rings. The Labute approximate surface area is 134 Å². The maximum Gasteiger partial charge on any atom is 0.187 e. The first-order chi connectivity index (χ1) is 10.9. The lowest BCUT2D eigenvalue weighted by Gasteiger charge is -2.38. The lowest BCUT2D eigenvalue weighted by molar-refractivity contribution is -0.157. The first-order valence-corrected chi connectivity index (χ1v) is 7.84. The van der Waals surface area contributed by atoms with Crippen molar-refractivity contribution in [2.75, 3.05) is 13.2 Å². The zero-order valence-corrected chi connectivity index (χ0v) is 13.3. The number of aliphatic hydroxyl groups is 3. The number of alkyl halides is 1. The van der Waals surface area contributed by atoms with Crippen LogP contribution in [0.2, 0.25) is 0 Å². The van der Waals surface area contributed by atoms with Crippen molar-refractivity contribution < 1.29 is 29.7 Å². The van der Waals surface area contributed by atoms with E-state index in [9.17, 15) is 24.9 Å². The fourth-order valence-corrected chi connectivity index (χ4v) is 2.87. The van der Waals surface area contributed by atoms with E-state index in [4.69, 9.17) is 4.74 Å². The minimum atomic E-state index is -1.65. The van der Waals surface area contributed by atoms with Gasteiger partial charge >= 0.3 is 0 Å². The van der Waals surface area contributed by atoms with Crippen molar-refractivity contribution in [2.24, 2.45) is 0 Å². The number of hydrogen-bond acceptors (Lipinski definition) is 8. The van der Waals surface area contributed by atoms with Gasteiger partial charge < -0.3 is 30.2 Å². The van der Waals surface area contributed by atoms with E-state index in [1.165, 1.54) is 11.1 Å². The normalized spacial score (nSPS) is 38.3. The van der Waals surface area contributed by atoms with Crippen LogP contribution in [0.5, 0.6) is 0 Å². The number of hydroxylamine groups is 2. The first kappa shape index (κ1) is 18.5. The topological polar surface area (TPSA) is 109 Å². The molecule has 0 bridgehead atoms. The third-order valence-corrected chi connectivity index (χ3v) is 4.23. The molecule has 5 N–H and O–H groups in total. The number of aliphatic hydroxyl groups excluding tert-OH is 3. The molecular formula is C14H26FN3O5. The fourth-order valence-electron chi connectivity index (χ4n) is 2.87. The molecule has 23 heavy (non-hydrogen) atoms. The van der Waals surface area contributed by atoms with Gasteiger partial charge in [-0.3, -0.25) is 0 Å². The zero-order chi connectivity index (χ0) is 17.1. The van der Waals surface area contributed by atoms with Gasteiger partial charge in [0.2, 0.25) is 0 Å². The molecule has 9 heteroatoms. The van der Waals surface area contributed by atoms with E-state index in [0.29, 0.717) is 12.0 Å². The third-order valence-electron chi connectivity index (χ3n) is 4.23. The van der Waals surface area contributed by atoms with E-state index in [1.54, 1.807) is 6.92 Å². The van der Waals surface area contributed by atoms with E-state index >= 15 is 0 Å². The van der Waals surface area contributed by atoms with Crippen LogP contribution in [-0.4, -0.2) is 80.8 Å². The molecule has 0 aliphatic carbocycles. The number of unbranched alkanes of at least 4 members (excludes halogenated alkanes) is 1. The summed E-state index contributed by atoms with van der Waals surface area (Å²) >= 11 is 0. The molecule has 2 rings (SSSR count). The van der Waals surface area contributed by atoms with E-state index in [1.807, 2.05) is 6.92 Å². The van der Waals surface area contributed by atoms with Gasteiger partial charge in [-0.25, -0.2) is 9.71 Å². The van der Waals surface area contributed by atoms with Crippen molar-refractivity contribution >= 4 is 0 Å². The molecule has 5 unspecified atom stereocenters. The van der Waals surface area contributed by atoms with Crippen LogP contribution in [0.4, 0.5) is 4.39 Å². The van der Waals surface area contributed by atoms with Gasteiger partial charge in [0.25, 0.3) is 0 Å². The molecule has 0 amide bonds. The van der Waals surface area contributed by atoms with E-state index in [-0.39, 0.29) is 6.54 Å². The minimum absolute atomic E-state index is 0.266. The Morgan fingerprint density at radius 3 is 2.74 bits per heavy atom. The van der Waals surface area contributed by atoms with Crippen LogP contribution in [-0.2, 0) is 4.74 Å². The molecule has 134 valence electrons. The molecule has 8 nitrogen and oxygen atoms in total. The van der Waals surface area contributed by atoms with Crippen LogP contribution in [0.15, 0.2) is 11.8 Å². The molecule has 2 heterocycles. The first-order valence-electron chi connectivity index (χ1n) is 7.84. The third kappa shape index (κ3) is 3.82. The van der Waals surface area contributed by atoms with Crippen LogP contribution < -0.4 is 5.32 Å². The Hall–Kier alpha value is -0.810. The minimum Gasteiger partial charge on any atom is -0.394 e. The van der Waals surface area contributed by atoms with Gasteiger partial charge in [0, 0.05) is 12.7 Å². The maximum atomic E-state index is 14.8. The zero-order valence-electron chi connectivity index (χ0n) is 13.3. The van der Waals surface area contributed by atoms with Gasteiger partial charge in [0.1, 0.15) is 12.3 Å². The smallest absolute Gasteiger partial charge is 0.187 e. The number of hydrogen-bond donors (Lipinski definition) is 5. The summed E-state index contributed by atoms with van der Waals surface area (Å²) in [5.74, 6) is 0. The summed E-state index contributed by atoms with van der Waals surface area (Å²) in [6, 6.07) is -1.02. The van der Waals surface area contributed by atoms with E-state index < -0.39 is 43.7 Å². The average molecular weight is 335 g/mol. The summed E-state index contributed by atoms with van der Waals surface area (Å²) in [5.41, 5.74) is 0.488. The Balaban J connectivity index is 2.15. The monoisotopic (exact) mass is 335 g/mol. The largest absolute Gasteiger partial charge is 0.394 e. The molecule has 1 fully saturated rings. The quantitative estimate of drug-likeness (QED) is 0.406. The molecule has 0 saturated carbocycles. The summed E-state index contributed by atoms with van der Waals surface area (Å²) in [6.45, 7) is 3.39. The van der Waals surface area contributed by atoms with Crippen LogP contribution in [0.3, 0.4) is 0 Å². The Bertz CT molecular complexity index is 427.